The van der Waals surface area contributed by atoms with E-state index in [2.05, 4.69) is 10.0 Å². The van der Waals surface area contributed by atoms with Crippen LogP contribution in [-0.4, -0.2) is 65.2 Å². The molecule has 0 bridgehead atoms. The van der Waals surface area contributed by atoms with Crippen molar-refractivity contribution < 1.29 is 38.1 Å². The van der Waals surface area contributed by atoms with Crippen LogP contribution in [0.15, 0.2) is 5.11 Å². The van der Waals surface area contributed by atoms with Gasteiger partial charge in [-0.1, -0.05) is 39.9 Å². The van der Waals surface area contributed by atoms with Crippen molar-refractivity contribution in [3.05, 3.63) is 10.4 Å². The van der Waals surface area contributed by atoms with Crippen LogP contribution in [0.2, 0.25) is 0 Å². The molecule has 1 heterocycles. The zero-order valence-corrected chi connectivity index (χ0v) is 17.8. The molecule has 1 aliphatic rings. The molecule has 1 saturated heterocycles. The van der Waals surface area contributed by atoms with Gasteiger partial charge in [-0.05, 0) is 5.53 Å². The molecular weight excluding hydrogens is 459 g/mol. The van der Waals surface area contributed by atoms with Gasteiger partial charge >= 0.3 is 17.9 Å². The van der Waals surface area contributed by atoms with E-state index in [1.165, 1.54) is 0 Å². The topological polar surface area (TPSA) is 172 Å². The normalized spacial score (nSPS) is 27.9. The van der Waals surface area contributed by atoms with Crippen molar-refractivity contribution in [2.45, 2.75) is 61.4 Å². The number of ether oxygens (including phenoxy) is 5. The number of nitrogens with zero attached hydrogens (tertiary/aromatic N) is 3. The average Bonchev–Trinajstić information content (AvgIpc) is 2.56. The minimum absolute atomic E-state index is 0.420. The zero-order valence-electron chi connectivity index (χ0n) is 15.5. The Hall–Kier alpha value is -1.53. The summed E-state index contributed by atoms with van der Waals surface area (Å²) in [4.78, 5) is 37.0. The Bertz CT molecular complexity index is 670. The molecule has 164 valence electrons. The standard InChI is InChI=1S/C14H19Cl3N4O8/c1-5(22)25-4-8-10(26-6(2)23)11(27-7(3)24)9(20-21-19)12(28-8)29-13(18)14(15,16)17/h8-13H,4,18H2,1-3H3/t8-,9-,10-,11-,12-,13?/m1/s1. The van der Waals surface area contributed by atoms with Crippen LogP contribution in [0.1, 0.15) is 20.8 Å². The second kappa shape index (κ2) is 11.0. The minimum atomic E-state index is -2.08. The number of rotatable bonds is 7. The Morgan fingerprint density at radius 1 is 1.14 bits per heavy atom. The van der Waals surface area contributed by atoms with Gasteiger partial charge in [-0.25, -0.2) is 0 Å². The molecular formula is C14H19Cl3N4O8. The predicted molar refractivity (Wildman–Crippen MR) is 98.7 cm³/mol. The molecule has 0 aromatic rings. The number of halogens is 3. The molecule has 0 aromatic carbocycles. The maximum atomic E-state index is 11.6. The molecule has 1 unspecified atom stereocenters. The largest absolute Gasteiger partial charge is 0.463 e. The smallest absolute Gasteiger partial charge is 0.303 e. The fourth-order valence-corrected chi connectivity index (χ4v) is 2.56. The summed E-state index contributed by atoms with van der Waals surface area (Å²) in [7, 11) is 0. The number of hydrogen-bond donors (Lipinski definition) is 1. The second-order valence-corrected chi connectivity index (χ2v) is 8.16. The molecule has 0 aliphatic carbocycles. The van der Waals surface area contributed by atoms with E-state index < -0.39 is 65.2 Å². The summed E-state index contributed by atoms with van der Waals surface area (Å²) in [5.41, 5.74) is 14.6. The van der Waals surface area contributed by atoms with Crippen LogP contribution in [0.4, 0.5) is 0 Å². The maximum Gasteiger partial charge on any atom is 0.303 e. The lowest BCUT2D eigenvalue weighted by molar-refractivity contribution is -0.283. The molecule has 1 aliphatic heterocycles. The summed E-state index contributed by atoms with van der Waals surface area (Å²) in [5, 5.41) is 3.49. The Kier molecular flexibility index (Phi) is 9.69. The molecule has 0 radical (unpaired) electrons. The molecule has 6 atom stereocenters. The van der Waals surface area contributed by atoms with E-state index in [-0.39, 0.29) is 0 Å². The third kappa shape index (κ3) is 8.01. The monoisotopic (exact) mass is 476 g/mol. The molecule has 0 aromatic heterocycles. The van der Waals surface area contributed by atoms with Crippen LogP contribution in [0, 0.1) is 0 Å². The van der Waals surface area contributed by atoms with Crippen molar-refractivity contribution in [2.75, 3.05) is 6.61 Å². The van der Waals surface area contributed by atoms with Crippen LogP contribution in [0.25, 0.3) is 10.4 Å². The van der Waals surface area contributed by atoms with Crippen LogP contribution >= 0.6 is 34.8 Å². The fraction of sp³-hybridized carbons (Fsp3) is 0.786. The van der Waals surface area contributed by atoms with Crippen molar-refractivity contribution in [1.82, 2.24) is 0 Å². The van der Waals surface area contributed by atoms with Crippen molar-refractivity contribution in [3.8, 4) is 0 Å². The summed E-state index contributed by atoms with van der Waals surface area (Å²) < 4.78 is 24.1. The third-order valence-corrected chi connectivity index (χ3v) is 4.10. The van der Waals surface area contributed by atoms with Crippen LogP contribution in [0.3, 0.4) is 0 Å². The number of esters is 3. The molecule has 1 rings (SSSR count). The number of alkyl halides is 3. The highest BCUT2D eigenvalue weighted by Gasteiger charge is 2.52. The Morgan fingerprint density at radius 3 is 2.14 bits per heavy atom. The molecule has 1 fully saturated rings. The Morgan fingerprint density at radius 2 is 1.69 bits per heavy atom. The number of carbonyl (C=O) groups is 3. The fourth-order valence-electron chi connectivity index (χ4n) is 2.40. The van der Waals surface area contributed by atoms with Gasteiger partial charge in [0.1, 0.15) is 18.8 Å². The van der Waals surface area contributed by atoms with Gasteiger partial charge in [-0.15, -0.1) is 0 Å². The van der Waals surface area contributed by atoms with Crippen molar-refractivity contribution >= 4 is 52.7 Å². The summed E-state index contributed by atoms with van der Waals surface area (Å²) in [5.74, 6) is -2.21. The zero-order chi connectivity index (χ0) is 22.4. The van der Waals surface area contributed by atoms with Crippen molar-refractivity contribution in [2.24, 2.45) is 10.8 Å². The quantitative estimate of drug-likeness (QED) is 0.108. The van der Waals surface area contributed by atoms with Gasteiger partial charge in [-0.3, -0.25) is 14.4 Å². The molecule has 0 amide bonds. The molecule has 0 saturated carbocycles. The van der Waals surface area contributed by atoms with E-state index in [1.807, 2.05) is 0 Å². The Labute approximate surface area is 180 Å². The van der Waals surface area contributed by atoms with Gasteiger partial charge in [0.25, 0.3) is 0 Å². The van der Waals surface area contributed by atoms with E-state index in [4.69, 9.17) is 69.8 Å². The van der Waals surface area contributed by atoms with E-state index >= 15 is 0 Å². The predicted octanol–water partition coefficient (Wildman–Crippen LogP) is 1.49. The SMILES string of the molecule is CC(=O)OC[C@H]1O[C@H](OC(N)C(Cl)(Cl)Cl)[C@H](N=[N+]=[N-])[C@@H](OC(C)=O)[C@@H]1OC(C)=O. The molecule has 29 heavy (non-hydrogen) atoms. The van der Waals surface area contributed by atoms with Gasteiger partial charge in [0.15, 0.2) is 24.7 Å². The highest BCUT2D eigenvalue weighted by atomic mass is 35.6. The maximum absolute atomic E-state index is 11.6. The summed E-state index contributed by atoms with van der Waals surface area (Å²) in [6.07, 6.45) is -6.94. The van der Waals surface area contributed by atoms with Gasteiger partial charge in [-0.2, -0.15) is 0 Å². The third-order valence-electron chi connectivity index (χ3n) is 3.46. The van der Waals surface area contributed by atoms with Gasteiger partial charge in [0, 0.05) is 25.7 Å². The van der Waals surface area contributed by atoms with E-state index in [0.717, 1.165) is 20.8 Å². The van der Waals surface area contributed by atoms with Gasteiger partial charge in [0.2, 0.25) is 3.79 Å². The van der Waals surface area contributed by atoms with Crippen LogP contribution in [0.5, 0.6) is 0 Å². The van der Waals surface area contributed by atoms with E-state index in [9.17, 15) is 14.4 Å². The summed E-state index contributed by atoms with van der Waals surface area (Å²) in [6, 6.07) is -1.39. The lowest BCUT2D eigenvalue weighted by atomic mass is 9.97. The lowest BCUT2D eigenvalue weighted by Crippen LogP contribution is -2.62. The van der Waals surface area contributed by atoms with Gasteiger partial charge < -0.3 is 29.4 Å². The van der Waals surface area contributed by atoms with Crippen LogP contribution in [-0.2, 0) is 38.1 Å². The first-order valence-corrected chi connectivity index (χ1v) is 9.15. The molecule has 0 spiro atoms. The van der Waals surface area contributed by atoms with Crippen LogP contribution < -0.4 is 5.73 Å². The first-order chi connectivity index (χ1) is 13.4. The van der Waals surface area contributed by atoms with Crippen molar-refractivity contribution in [3.63, 3.8) is 0 Å². The second-order valence-electron chi connectivity index (χ2n) is 5.79. The van der Waals surface area contributed by atoms with Gasteiger partial charge in [0.05, 0.1) is 0 Å². The highest BCUT2D eigenvalue weighted by molar-refractivity contribution is 6.68. The first-order valence-electron chi connectivity index (χ1n) is 8.02. The lowest BCUT2D eigenvalue weighted by Gasteiger charge is -2.44. The average molecular weight is 478 g/mol. The first kappa shape index (κ1) is 25.5. The molecule has 12 nitrogen and oxygen atoms in total. The number of nitrogens with two attached hydrogens (primary N) is 1. The number of hydrogen-bond acceptors (Lipinski definition) is 10. The number of azide groups is 1. The van der Waals surface area contributed by atoms with E-state index in [1.54, 1.807) is 0 Å². The summed E-state index contributed by atoms with van der Waals surface area (Å²) >= 11 is 17.0. The highest BCUT2D eigenvalue weighted by Crippen LogP contribution is 2.34. The number of carbonyl (C=O) groups excluding carboxylic acids is 3. The Balaban J connectivity index is 3.33. The molecule has 15 heteroatoms. The molecule has 2 N–H and O–H groups in total. The van der Waals surface area contributed by atoms with E-state index in [0.29, 0.717) is 0 Å². The summed E-state index contributed by atoms with van der Waals surface area (Å²) in [6.45, 7) is 2.90. The van der Waals surface area contributed by atoms with Crippen molar-refractivity contribution in [1.29, 1.82) is 0 Å². The minimum Gasteiger partial charge on any atom is -0.463 e.